The Labute approximate surface area is 121 Å². The second-order valence-corrected chi connectivity index (χ2v) is 5.08. The van der Waals surface area contributed by atoms with Gasteiger partial charge in [0, 0.05) is 37.7 Å². The average molecular weight is 269 g/mol. The lowest BCUT2D eigenvalue weighted by molar-refractivity contribution is 0.598. The van der Waals surface area contributed by atoms with Gasteiger partial charge in [0.2, 0.25) is 0 Å². The standard InChI is InChI=1S/C17H23N3/c1-4-19-14(2)16-5-7-17(8-6-16)20(3)13-15-9-11-18-12-10-15/h5-12,14,19H,4,13H2,1-3H3. The number of pyridine rings is 1. The van der Waals surface area contributed by atoms with Gasteiger partial charge in [0.1, 0.15) is 0 Å². The summed E-state index contributed by atoms with van der Waals surface area (Å²) in [7, 11) is 2.11. The molecule has 0 fully saturated rings. The first-order chi connectivity index (χ1) is 9.70. The fraction of sp³-hybridized carbons (Fsp3) is 0.353. The van der Waals surface area contributed by atoms with Crippen LogP contribution in [0.4, 0.5) is 5.69 Å². The topological polar surface area (TPSA) is 28.2 Å². The van der Waals surface area contributed by atoms with Gasteiger partial charge in [-0.2, -0.15) is 0 Å². The van der Waals surface area contributed by atoms with Gasteiger partial charge in [0.25, 0.3) is 0 Å². The molecule has 1 unspecified atom stereocenters. The second-order valence-electron chi connectivity index (χ2n) is 5.08. The van der Waals surface area contributed by atoms with E-state index >= 15 is 0 Å². The molecule has 2 rings (SSSR count). The summed E-state index contributed by atoms with van der Waals surface area (Å²) in [4.78, 5) is 6.30. The summed E-state index contributed by atoms with van der Waals surface area (Å²) in [5.41, 5.74) is 3.83. The number of hydrogen-bond donors (Lipinski definition) is 1. The molecule has 1 heterocycles. The first-order valence-corrected chi connectivity index (χ1v) is 7.14. The van der Waals surface area contributed by atoms with Gasteiger partial charge in [-0.25, -0.2) is 0 Å². The lowest BCUT2D eigenvalue weighted by Crippen LogP contribution is -2.18. The second kappa shape index (κ2) is 7.06. The normalized spacial score (nSPS) is 12.2. The minimum absolute atomic E-state index is 0.402. The smallest absolute Gasteiger partial charge is 0.0427 e. The van der Waals surface area contributed by atoms with Crippen molar-refractivity contribution >= 4 is 5.69 Å². The highest BCUT2D eigenvalue weighted by Crippen LogP contribution is 2.19. The van der Waals surface area contributed by atoms with E-state index in [0.29, 0.717) is 6.04 Å². The molecule has 0 spiro atoms. The van der Waals surface area contributed by atoms with E-state index < -0.39 is 0 Å². The van der Waals surface area contributed by atoms with Crippen LogP contribution in [0.2, 0.25) is 0 Å². The van der Waals surface area contributed by atoms with E-state index in [0.717, 1.165) is 13.1 Å². The third-order valence-electron chi connectivity index (χ3n) is 3.51. The number of rotatable bonds is 6. The Kier molecular flexibility index (Phi) is 5.13. The molecule has 1 aromatic carbocycles. The summed E-state index contributed by atoms with van der Waals surface area (Å²) in [5, 5.41) is 3.43. The van der Waals surface area contributed by atoms with Crippen LogP contribution in [0.3, 0.4) is 0 Å². The Morgan fingerprint density at radius 2 is 1.75 bits per heavy atom. The average Bonchev–Trinajstić information content (AvgIpc) is 2.48. The van der Waals surface area contributed by atoms with E-state index in [1.54, 1.807) is 0 Å². The maximum Gasteiger partial charge on any atom is 0.0427 e. The van der Waals surface area contributed by atoms with Gasteiger partial charge in [-0.1, -0.05) is 19.1 Å². The van der Waals surface area contributed by atoms with Gasteiger partial charge in [0.15, 0.2) is 0 Å². The van der Waals surface area contributed by atoms with Crippen molar-refractivity contribution in [3.05, 3.63) is 59.9 Å². The molecule has 0 aliphatic carbocycles. The molecule has 0 radical (unpaired) electrons. The molecule has 0 aliphatic rings. The van der Waals surface area contributed by atoms with Crippen LogP contribution < -0.4 is 10.2 Å². The predicted molar refractivity (Wildman–Crippen MR) is 84.9 cm³/mol. The highest BCUT2D eigenvalue weighted by atomic mass is 15.1. The van der Waals surface area contributed by atoms with Gasteiger partial charge < -0.3 is 10.2 Å². The largest absolute Gasteiger partial charge is 0.370 e. The van der Waals surface area contributed by atoms with Crippen LogP contribution in [0.15, 0.2) is 48.8 Å². The van der Waals surface area contributed by atoms with Crippen LogP contribution in [-0.4, -0.2) is 18.6 Å². The van der Waals surface area contributed by atoms with Crippen molar-refractivity contribution in [2.45, 2.75) is 26.4 Å². The summed E-state index contributed by atoms with van der Waals surface area (Å²) in [6, 6.07) is 13.3. The Morgan fingerprint density at radius 3 is 2.35 bits per heavy atom. The van der Waals surface area contributed by atoms with Gasteiger partial charge >= 0.3 is 0 Å². The van der Waals surface area contributed by atoms with Gasteiger partial charge in [-0.05, 0) is 48.9 Å². The lowest BCUT2D eigenvalue weighted by Gasteiger charge is -2.20. The number of nitrogens with one attached hydrogen (secondary N) is 1. The summed E-state index contributed by atoms with van der Waals surface area (Å²) in [6.07, 6.45) is 3.68. The van der Waals surface area contributed by atoms with Gasteiger partial charge in [-0.15, -0.1) is 0 Å². The van der Waals surface area contributed by atoms with Crippen molar-refractivity contribution < 1.29 is 0 Å². The highest BCUT2D eigenvalue weighted by Gasteiger charge is 2.05. The van der Waals surface area contributed by atoms with Crippen LogP contribution >= 0.6 is 0 Å². The number of aromatic nitrogens is 1. The molecule has 0 bridgehead atoms. The molecule has 1 atom stereocenters. The van der Waals surface area contributed by atoms with Crippen molar-refractivity contribution in [3.8, 4) is 0 Å². The van der Waals surface area contributed by atoms with E-state index in [1.807, 2.05) is 12.4 Å². The molecule has 0 saturated heterocycles. The fourth-order valence-electron chi connectivity index (χ4n) is 2.29. The molecule has 1 N–H and O–H groups in total. The van der Waals surface area contributed by atoms with E-state index in [2.05, 4.69) is 72.5 Å². The number of nitrogens with zero attached hydrogens (tertiary/aromatic N) is 2. The van der Waals surface area contributed by atoms with Crippen molar-refractivity contribution in [3.63, 3.8) is 0 Å². The third-order valence-corrected chi connectivity index (χ3v) is 3.51. The van der Waals surface area contributed by atoms with Crippen LogP contribution in [0.1, 0.15) is 31.0 Å². The number of benzene rings is 1. The van der Waals surface area contributed by atoms with Gasteiger partial charge in [0.05, 0.1) is 0 Å². The monoisotopic (exact) mass is 269 g/mol. The fourth-order valence-corrected chi connectivity index (χ4v) is 2.29. The Bertz CT molecular complexity index is 508. The van der Waals surface area contributed by atoms with E-state index in [1.165, 1.54) is 16.8 Å². The first-order valence-electron chi connectivity index (χ1n) is 7.14. The molecule has 20 heavy (non-hydrogen) atoms. The van der Waals surface area contributed by atoms with Crippen LogP contribution in [0.5, 0.6) is 0 Å². The van der Waals surface area contributed by atoms with Crippen molar-refractivity contribution in [2.75, 3.05) is 18.5 Å². The molecule has 0 saturated carbocycles. The molecule has 0 amide bonds. The maximum absolute atomic E-state index is 4.05. The Morgan fingerprint density at radius 1 is 1.10 bits per heavy atom. The van der Waals surface area contributed by atoms with Crippen molar-refractivity contribution in [2.24, 2.45) is 0 Å². The predicted octanol–water partition coefficient (Wildman–Crippen LogP) is 3.39. The molecular formula is C17H23N3. The SMILES string of the molecule is CCNC(C)c1ccc(N(C)Cc2ccncc2)cc1. The minimum Gasteiger partial charge on any atom is -0.370 e. The highest BCUT2D eigenvalue weighted by molar-refractivity contribution is 5.47. The minimum atomic E-state index is 0.402. The number of anilines is 1. The molecule has 3 nitrogen and oxygen atoms in total. The molecule has 3 heteroatoms. The molecule has 1 aromatic heterocycles. The maximum atomic E-state index is 4.05. The van der Waals surface area contributed by atoms with Crippen molar-refractivity contribution in [1.82, 2.24) is 10.3 Å². The number of hydrogen-bond acceptors (Lipinski definition) is 3. The molecule has 0 aliphatic heterocycles. The summed E-state index contributed by atoms with van der Waals surface area (Å²) < 4.78 is 0. The molecule has 2 aromatic rings. The Hall–Kier alpha value is -1.87. The van der Waals surface area contributed by atoms with Gasteiger partial charge in [-0.3, -0.25) is 4.98 Å². The summed E-state index contributed by atoms with van der Waals surface area (Å²) >= 11 is 0. The summed E-state index contributed by atoms with van der Waals surface area (Å²) in [6.45, 7) is 6.21. The van der Waals surface area contributed by atoms with Crippen LogP contribution in [0, 0.1) is 0 Å². The zero-order chi connectivity index (χ0) is 14.4. The quantitative estimate of drug-likeness (QED) is 0.871. The summed E-state index contributed by atoms with van der Waals surface area (Å²) in [5.74, 6) is 0. The Balaban J connectivity index is 2.02. The zero-order valence-corrected chi connectivity index (χ0v) is 12.5. The third kappa shape index (κ3) is 3.81. The first kappa shape index (κ1) is 14.5. The molecular weight excluding hydrogens is 246 g/mol. The van der Waals surface area contributed by atoms with E-state index in [9.17, 15) is 0 Å². The lowest BCUT2D eigenvalue weighted by atomic mass is 10.1. The van der Waals surface area contributed by atoms with Crippen LogP contribution in [0.25, 0.3) is 0 Å². The van der Waals surface area contributed by atoms with Crippen molar-refractivity contribution in [1.29, 1.82) is 0 Å². The zero-order valence-electron chi connectivity index (χ0n) is 12.5. The van der Waals surface area contributed by atoms with E-state index in [4.69, 9.17) is 0 Å². The van der Waals surface area contributed by atoms with E-state index in [-0.39, 0.29) is 0 Å². The molecule has 106 valence electrons. The van der Waals surface area contributed by atoms with Crippen LogP contribution in [-0.2, 0) is 6.54 Å².